The summed E-state index contributed by atoms with van der Waals surface area (Å²) in [7, 11) is 1.90. The van der Waals surface area contributed by atoms with E-state index in [2.05, 4.69) is 40.3 Å². The Morgan fingerprint density at radius 2 is 2.24 bits per heavy atom. The number of aromatic nitrogens is 2. The number of hydrazine groups is 1. The third kappa shape index (κ3) is 3.28. The highest BCUT2D eigenvalue weighted by Gasteiger charge is 2.29. The Hall–Kier alpha value is -0.430. The van der Waals surface area contributed by atoms with Crippen molar-refractivity contribution in [2.45, 2.75) is 32.9 Å². The molecule has 0 aromatic carbocycles. The summed E-state index contributed by atoms with van der Waals surface area (Å²) in [4.78, 5) is 0. The van der Waals surface area contributed by atoms with Gasteiger partial charge < -0.3 is 4.74 Å². The number of hydrogen-bond acceptors (Lipinski definition) is 4. The van der Waals surface area contributed by atoms with Gasteiger partial charge in [0.2, 0.25) is 0 Å². The second-order valence-corrected chi connectivity index (χ2v) is 5.16. The van der Waals surface area contributed by atoms with Crippen molar-refractivity contribution in [3.63, 3.8) is 0 Å². The van der Waals surface area contributed by atoms with E-state index in [1.807, 2.05) is 18.7 Å². The minimum absolute atomic E-state index is 0.0108. The number of nitrogens with two attached hydrogens (primary N) is 1. The zero-order valence-electron chi connectivity index (χ0n) is 10.8. The summed E-state index contributed by atoms with van der Waals surface area (Å²) in [5.41, 5.74) is 3.84. The predicted molar refractivity (Wildman–Crippen MR) is 71.2 cm³/mol. The lowest BCUT2D eigenvalue weighted by Crippen LogP contribution is -2.42. The van der Waals surface area contributed by atoms with E-state index in [-0.39, 0.29) is 12.1 Å². The molecule has 1 aromatic rings. The Bertz CT molecular complexity index is 334. The highest BCUT2D eigenvalue weighted by atomic mass is 79.9. The molecule has 98 valence electrons. The lowest BCUT2D eigenvalue weighted by Gasteiger charge is -2.29. The summed E-state index contributed by atoms with van der Waals surface area (Å²) in [5, 5.41) is 4.21. The summed E-state index contributed by atoms with van der Waals surface area (Å²) in [5.74, 6) is 6.04. The quantitative estimate of drug-likeness (QED) is 0.621. The van der Waals surface area contributed by atoms with Gasteiger partial charge in [0, 0.05) is 13.7 Å². The van der Waals surface area contributed by atoms with E-state index in [4.69, 9.17) is 10.6 Å². The SMILES string of the molecule is CCOC(C(C)C)C(NN)c1c(Br)cnn1C. The third-order valence-electron chi connectivity index (χ3n) is 2.76. The van der Waals surface area contributed by atoms with Gasteiger partial charge in [-0.3, -0.25) is 10.5 Å². The highest BCUT2D eigenvalue weighted by Crippen LogP contribution is 2.29. The zero-order chi connectivity index (χ0) is 13.0. The molecule has 0 spiro atoms. The van der Waals surface area contributed by atoms with Crippen LogP contribution in [0.3, 0.4) is 0 Å². The molecule has 0 aliphatic heterocycles. The van der Waals surface area contributed by atoms with Crippen LogP contribution in [0, 0.1) is 5.92 Å². The van der Waals surface area contributed by atoms with E-state index in [1.54, 1.807) is 6.20 Å². The minimum Gasteiger partial charge on any atom is -0.376 e. The number of nitrogens with zero attached hydrogens (tertiary/aromatic N) is 2. The summed E-state index contributed by atoms with van der Waals surface area (Å²) < 4.78 is 8.53. The monoisotopic (exact) mass is 304 g/mol. The van der Waals surface area contributed by atoms with Crippen molar-refractivity contribution < 1.29 is 4.74 Å². The van der Waals surface area contributed by atoms with Crippen molar-refractivity contribution in [3.05, 3.63) is 16.4 Å². The molecular formula is C11H21BrN4O. The van der Waals surface area contributed by atoms with Crippen LogP contribution in [0.2, 0.25) is 0 Å². The van der Waals surface area contributed by atoms with E-state index in [0.29, 0.717) is 12.5 Å². The van der Waals surface area contributed by atoms with Gasteiger partial charge in [-0.1, -0.05) is 13.8 Å². The molecule has 5 nitrogen and oxygen atoms in total. The van der Waals surface area contributed by atoms with Crippen LogP contribution in [0.5, 0.6) is 0 Å². The average Bonchev–Trinajstić information content (AvgIpc) is 2.60. The normalized spacial score (nSPS) is 15.2. The van der Waals surface area contributed by atoms with Crippen molar-refractivity contribution in [1.82, 2.24) is 15.2 Å². The van der Waals surface area contributed by atoms with Crippen LogP contribution in [0.15, 0.2) is 10.7 Å². The molecule has 3 N–H and O–H groups in total. The van der Waals surface area contributed by atoms with Crippen LogP contribution in [-0.4, -0.2) is 22.5 Å². The summed E-state index contributed by atoms with van der Waals surface area (Å²) >= 11 is 3.49. The van der Waals surface area contributed by atoms with Crippen molar-refractivity contribution in [2.75, 3.05) is 6.61 Å². The topological polar surface area (TPSA) is 65.1 Å². The number of nitrogens with one attached hydrogen (secondary N) is 1. The van der Waals surface area contributed by atoms with Crippen LogP contribution in [0.1, 0.15) is 32.5 Å². The molecule has 0 saturated heterocycles. The molecule has 1 rings (SSSR count). The number of hydrogen-bond donors (Lipinski definition) is 2. The van der Waals surface area contributed by atoms with Gasteiger partial charge in [0.15, 0.2) is 0 Å². The molecule has 0 bridgehead atoms. The Morgan fingerprint density at radius 1 is 1.59 bits per heavy atom. The first-order chi connectivity index (χ1) is 8.02. The van der Waals surface area contributed by atoms with Crippen molar-refractivity contribution in [3.8, 4) is 0 Å². The molecule has 0 radical (unpaired) electrons. The largest absolute Gasteiger partial charge is 0.376 e. The molecule has 17 heavy (non-hydrogen) atoms. The second-order valence-electron chi connectivity index (χ2n) is 4.31. The van der Waals surface area contributed by atoms with Crippen LogP contribution >= 0.6 is 15.9 Å². The first-order valence-electron chi connectivity index (χ1n) is 5.78. The summed E-state index contributed by atoms with van der Waals surface area (Å²) in [6.45, 7) is 6.89. The molecule has 0 aliphatic rings. The fourth-order valence-electron chi connectivity index (χ4n) is 1.97. The molecule has 1 heterocycles. The molecule has 1 aromatic heterocycles. The lowest BCUT2D eigenvalue weighted by atomic mass is 9.97. The van der Waals surface area contributed by atoms with E-state index in [9.17, 15) is 0 Å². The smallest absolute Gasteiger partial charge is 0.0904 e. The highest BCUT2D eigenvalue weighted by molar-refractivity contribution is 9.10. The standard InChI is InChI=1S/C11H21BrN4O/c1-5-17-11(7(2)3)9(15-13)10-8(12)6-14-16(10)4/h6-7,9,11,15H,5,13H2,1-4H3. The Morgan fingerprint density at radius 3 is 2.59 bits per heavy atom. The zero-order valence-corrected chi connectivity index (χ0v) is 12.4. The fraction of sp³-hybridized carbons (Fsp3) is 0.727. The van der Waals surface area contributed by atoms with Gasteiger partial charge in [-0.15, -0.1) is 0 Å². The first kappa shape index (κ1) is 14.6. The summed E-state index contributed by atoms with van der Waals surface area (Å²) in [6, 6.07) is -0.0863. The molecule has 2 unspecified atom stereocenters. The molecule has 0 amide bonds. The molecular weight excluding hydrogens is 284 g/mol. The number of rotatable bonds is 6. The van der Waals surface area contributed by atoms with Crippen LogP contribution < -0.4 is 11.3 Å². The predicted octanol–water partition coefficient (Wildman–Crippen LogP) is 1.75. The molecule has 0 saturated carbocycles. The maximum atomic E-state index is 5.79. The van der Waals surface area contributed by atoms with E-state index < -0.39 is 0 Å². The van der Waals surface area contributed by atoms with Gasteiger partial charge >= 0.3 is 0 Å². The molecule has 2 atom stereocenters. The lowest BCUT2D eigenvalue weighted by molar-refractivity contribution is 0.000726. The molecule has 6 heteroatoms. The average molecular weight is 305 g/mol. The van der Waals surface area contributed by atoms with Crippen molar-refractivity contribution in [1.29, 1.82) is 0 Å². The fourth-order valence-corrected chi connectivity index (χ4v) is 2.56. The second kappa shape index (κ2) is 6.49. The van der Waals surface area contributed by atoms with Crippen LogP contribution in [0.4, 0.5) is 0 Å². The van der Waals surface area contributed by atoms with Crippen LogP contribution in [-0.2, 0) is 11.8 Å². The van der Waals surface area contributed by atoms with Gasteiger partial charge in [0.25, 0.3) is 0 Å². The first-order valence-corrected chi connectivity index (χ1v) is 6.57. The van der Waals surface area contributed by atoms with Gasteiger partial charge in [-0.2, -0.15) is 5.10 Å². The van der Waals surface area contributed by atoms with Crippen LogP contribution in [0.25, 0.3) is 0 Å². The third-order valence-corrected chi connectivity index (χ3v) is 3.37. The van der Waals surface area contributed by atoms with Crippen molar-refractivity contribution >= 4 is 15.9 Å². The maximum Gasteiger partial charge on any atom is 0.0904 e. The van der Waals surface area contributed by atoms with Crippen molar-refractivity contribution in [2.24, 2.45) is 18.8 Å². The number of aryl methyl sites for hydroxylation is 1. The minimum atomic E-state index is -0.0863. The number of halogens is 1. The van der Waals surface area contributed by atoms with E-state index in [1.165, 1.54) is 0 Å². The molecule has 0 aliphatic carbocycles. The van der Waals surface area contributed by atoms with Gasteiger partial charge in [0.05, 0.1) is 28.5 Å². The summed E-state index contributed by atoms with van der Waals surface area (Å²) in [6.07, 6.45) is 1.78. The van der Waals surface area contributed by atoms with Gasteiger partial charge in [-0.25, -0.2) is 5.43 Å². The Labute approximate surface area is 111 Å². The van der Waals surface area contributed by atoms with Gasteiger partial charge in [-0.05, 0) is 28.8 Å². The van der Waals surface area contributed by atoms with E-state index in [0.717, 1.165) is 10.2 Å². The Balaban J connectivity index is 3.04. The Kier molecular flexibility index (Phi) is 5.58. The molecule has 0 fully saturated rings. The van der Waals surface area contributed by atoms with Gasteiger partial charge in [0.1, 0.15) is 0 Å². The van der Waals surface area contributed by atoms with E-state index >= 15 is 0 Å². The number of ether oxygens (including phenoxy) is 1. The maximum absolute atomic E-state index is 5.79.